The van der Waals surface area contributed by atoms with Crippen LogP contribution >= 0.6 is 0 Å². The number of hydrogen-bond donors (Lipinski definition) is 1. The molecule has 0 atom stereocenters. The first-order valence-corrected chi connectivity index (χ1v) is 8.49. The fraction of sp³-hybridized carbons (Fsp3) is 0.150. The van der Waals surface area contributed by atoms with E-state index in [1.165, 1.54) is 30.3 Å². The molecule has 1 aromatic heterocycles. The van der Waals surface area contributed by atoms with Gasteiger partial charge in [-0.2, -0.15) is 10.2 Å². The zero-order chi connectivity index (χ0) is 20.8. The fourth-order valence-electron chi connectivity index (χ4n) is 2.34. The van der Waals surface area contributed by atoms with Crippen molar-refractivity contribution < 1.29 is 23.2 Å². The number of anilines is 1. The van der Waals surface area contributed by atoms with Crippen LogP contribution in [0.15, 0.2) is 47.0 Å². The molecule has 3 aromatic rings. The number of aryl methyl sites for hydroxylation is 1. The first-order chi connectivity index (χ1) is 14.0. The van der Waals surface area contributed by atoms with Crippen LogP contribution in [0.25, 0.3) is 11.4 Å². The summed E-state index contributed by atoms with van der Waals surface area (Å²) < 4.78 is 23.8. The van der Waals surface area contributed by atoms with E-state index in [1.807, 2.05) is 0 Å². The van der Waals surface area contributed by atoms with Crippen LogP contribution in [-0.4, -0.2) is 22.0 Å². The van der Waals surface area contributed by atoms with Gasteiger partial charge < -0.3 is 14.6 Å². The van der Waals surface area contributed by atoms with E-state index in [0.29, 0.717) is 16.8 Å². The zero-order valence-corrected chi connectivity index (χ0v) is 15.3. The van der Waals surface area contributed by atoms with Crippen molar-refractivity contribution in [2.24, 2.45) is 0 Å². The van der Waals surface area contributed by atoms with E-state index in [4.69, 9.17) is 14.5 Å². The van der Waals surface area contributed by atoms with Crippen LogP contribution in [0.3, 0.4) is 0 Å². The molecule has 0 saturated carbocycles. The lowest BCUT2D eigenvalue weighted by Gasteiger charge is -2.05. The van der Waals surface area contributed by atoms with Gasteiger partial charge >= 0.3 is 5.97 Å². The average molecular weight is 394 g/mol. The maximum atomic E-state index is 13.7. The van der Waals surface area contributed by atoms with Crippen LogP contribution < -0.4 is 5.32 Å². The highest BCUT2D eigenvalue weighted by atomic mass is 19.1. The van der Waals surface area contributed by atoms with E-state index < -0.39 is 11.9 Å². The SMILES string of the molecule is Cc1ccc(-c2noc(COC(=O)c3ccc(NC(=O)CC#N)cc3)n2)cc1F. The first-order valence-electron chi connectivity index (χ1n) is 8.49. The Morgan fingerprint density at radius 2 is 2.00 bits per heavy atom. The lowest BCUT2D eigenvalue weighted by Crippen LogP contribution is -2.10. The van der Waals surface area contributed by atoms with E-state index in [2.05, 4.69) is 15.5 Å². The molecule has 9 heteroatoms. The second-order valence-electron chi connectivity index (χ2n) is 6.01. The number of nitrogens with one attached hydrogen (secondary N) is 1. The van der Waals surface area contributed by atoms with Crippen molar-refractivity contribution in [3.05, 3.63) is 65.3 Å². The third-order valence-corrected chi connectivity index (χ3v) is 3.87. The second kappa shape index (κ2) is 8.75. The highest BCUT2D eigenvalue weighted by Crippen LogP contribution is 2.19. The Hall–Kier alpha value is -4.06. The standard InChI is InChI=1S/C20H15FN4O4/c1-12-2-3-14(10-16(12)21)19-24-18(29-25-19)11-28-20(27)13-4-6-15(7-5-13)23-17(26)8-9-22/h2-7,10H,8,11H2,1H3,(H,23,26). The summed E-state index contributed by atoms with van der Waals surface area (Å²) in [6.45, 7) is 1.40. The lowest BCUT2D eigenvalue weighted by molar-refractivity contribution is -0.115. The Balaban J connectivity index is 1.58. The van der Waals surface area contributed by atoms with Crippen LogP contribution in [0.2, 0.25) is 0 Å². The number of hydrogen-bond acceptors (Lipinski definition) is 7. The molecule has 8 nitrogen and oxygen atoms in total. The number of benzene rings is 2. The Morgan fingerprint density at radius 3 is 2.69 bits per heavy atom. The number of amides is 1. The molecule has 2 aromatic carbocycles. The van der Waals surface area contributed by atoms with Crippen molar-refractivity contribution in [2.75, 3.05) is 5.32 Å². The van der Waals surface area contributed by atoms with Gasteiger partial charge in [0.1, 0.15) is 12.2 Å². The number of ether oxygens (including phenoxy) is 1. The van der Waals surface area contributed by atoms with Gasteiger partial charge in [0.05, 0.1) is 11.6 Å². The van der Waals surface area contributed by atoms with Crippen molar-refractivity contribution in [2.45, 2.75) is 20.0 Å². The Labute approximate surface area is 164 Å². The number of nitrogens with zero attached hydrogens (tertiary/aromatic N) is 3. The minimum absolute atomic E-state index is 0.0646. The summed E-state index contributed by atoms with van der Waals surface area (Å²) in [4.78, 5) is 27.6. The van der Waals surface area contributed by atoms with E-state index in [9.17, 15) is 14.0 Å². The summed E-state index contributed by atoms with van der Waals surface area (Å²) in [7, 11) is 0. The highest BCUT2D eigenvalue weighted by Gasteiger charge is 2.14. The van der Waals surface area contributed by atoms with Crippen LogP contribution in [0.1, 0.15) is 28.2 Å². The second-order valence-corrected chi connectivity index (χ2v) is 6.01. The predicted molar refractivity (Wildman–Crippen MR) is 98.9 cm³/mol. The molecule has 0 aliphatic rings. The van der Waals surface area contributed by atoms with E-state index >= 15 is 0 Å². The highest BCUT2D eigenvalue weighted by molar-refractivity contribution is 5.93. The van der Waals surface area contributed by atoms with Crippen LogP contribution in [-0.2, 0) is 16.1 Å². The quantitative estimate of drug-likeness (QED) is 0.637. The van der Waals surface area contributed by atoms with Crippen molar-refractivity contribution in [1.82, 2.24) is 10.1 Å². The maximum absolute atomic E-state index is 13.7. The molecule has 146 valence electrons. The molecular formula is C20H15FN4O4. The average Bonchev–Trinajstić information content (AvgIpc) is 3.18. The smallest absolute Gasteiger partial charge is 0.338 e. The van der Waals surface area contributed by atoms with Gasteiger partial charge in [0.25, 0.3) is 5.89 Å². The number of carbonyl (C=O) groups excluding carboxylic acids is 2. The monoisotopic (exact) mass is 394 g/mol. The number of halogens is 1. The normalized spacial score (nSPS) is 10.2. The molecule has 1 amide bonds. The van der Waals surface area contributed by atoms with Gasteiger partial charge in [-0.15, -0.1) is 0 Å². The molecule has 0 spiro atoms. The van der Waals surface area contributed by atoms with Crippen LogP contribution in [0, 0.1) is 24.1 Å². The molecule has 0 bridgehead atoms. The largest absolute Gasteiger partial charge is 0.452 e. The summed E-state index contributed by atoms with van der Waals surface area (Å²) in [5.74, 6) is -1.20. The number of nitriles is 1. The fourth-order valence-corrected chi connectivity index (χ4v) is 2.34. The van der Waals surface area contributed by atoms with Gasteiger partial charge in [0.2, 0.25) is 11.7 Å². The van der Waals surface area contributed by atoms with Gasteiger partial charge in [-0.05, 0) is 42.8 Å². The molecule has 0 aliphatic heterocycles. The molecule has 0 fully saturated rings. The number of esters is 1. The third-order valence-electron chi connectivity index (χ3n) is 3.87. The van der Waals surface area contributed by atoms with Gasteiger partial charge in [-0.3, -0.25) is 4.79 Å². The van der Waals surface area contributed by atoms with Crippen LogP contribution in [0.5, 0.6) is 0 Å². The molecule has 0 radical (unpaired) electrons. The number of rotatable bonds is 6. The Morgan fingerprint density at radius 1 is 1.24 bits per heavy atom. The first kappa shape index (κ1) is 19.7. The third kappa shape index (κ3) is 5.01. The molecule has 3 rings (SSSR count). The lowest BCUT2D eigenvalue weighted by atomic mass is 10.1. The summed E-state index contributed by atoms with van der Waals surface area (Å²) in [6.07, 6.45) is -0.259. The molecule has 1 N–H and O–H groups in total. The minimum Gasteiger partial charge on any atom is -0.452 e. The van der Waals surface area contributed by atoms with Crippen molar-refractivity contribution in [3.63, 3.8) is 0 Å². The summed E-state index contributed by atoms with van der Waals surface area (Å²) >= 11 is 0. The summed E-state index contributed by atoms with van der Waals surface area (Å²) in [6, 6.07) is 12.3. The molecule has 0 aliphatic carbocycles. The number of carbonyl (C=O) groups is 2. The van der Waals surface area contributed by atoms with Crippen molar-refractivity contribution in [3.8, 4) is 17.5 Å². The van der Waals surface area contributed by atoms with Crippen molar-refractivity contribution in [1.29, 1.82) is 5.26 Å². The molecule has 0 saturated heterocycles. The van der Waals surface area contributed by atoms with E-state index in [1.54, 1.807) is 25.1 Å². The Bertz CT molecular complexity index is 1090. The number of aromatic nitrogens is 2. The van der Waals surface area contributed by atoms with Crippen LogP contribution in [0.4, 0.5) is 10.1 Å². The van der Waals surface area contributed by atoms with Crippen molar-refractivity contribution >= 4 is 17.6 Å². The van der Waals surface area contributed by atoms with E-state index in [0.717, 1.165) is 0 Å². The zero-order valence-electron chi connectivity index (χ0n) is 15.3. The molecule has 1 heterocycles. The minimum atomic E-state index is -0.624. The molecule has 0 unspecified atom stereocenters. The molecular weight excluding hydrogens is 379 g/mol. The Kier molecular flexibility index (Phi) is 5.94. The van der Waals surface area contributed by atoms with E-state index in [-0.39, 0.29) is 36.1 Å². The topological polar surface area (TPSA) is 118 Å². The maximum Gasteiger partial charge on any atom is 0.338 e. The van der Waals surface area contributed by atoms with Gasteiger partial charge in [-0.25, -0.2) is 9.18 Å². The van der Waals surface area contributed by atoms with Gasteiger partial charge in [-0.1, -0.05) is 17.3 Å². The predicted octanol–water partition coefficient (Wildman–Crippen LogP) is 3.39. The summed E-state index contributed by atoms with van der Waals surface area (Å²) in [5.41, 5.74) is 1.66. The summed E-state index contributed by atoms with van der Waals surface area (Å²) in [5, 5.41) is 14.7. The van der Waals surface area contributed by atoms with Gasteiger partial charge in [0.15, 0.2) is 6.61 Å². The molecule has 29 heavy (non-hydrogen) atoms. The van der Waals surface area contributed by atoms with Gasteiger partial charge in [0, 0.05) is 11.3 Å².